The Morgan fingerprint density at radius 1 is 1.32 bits per heavy atom. The van der Waals surface area contributed by atoms with Crippen LogP contribution in [0.1, 0.15) is 31.6 Å². The molecule has 0 unspecified atom stereocenters. The third-order valence-electron chi connectivity index (χ3n) is 4.30. The van der Waals surface area contributed by atoms with E-state index in [-0.39, 0.29) is 0 Å². The van der Waals surface area contributed by atoms with Crippen LogP contribution in [-0.4, -0.2) is 35.2 Å². The van der Waals surface area contributed by atoms with Gasteiger partial charge in [0, 0.05) is 30.1 Å². The molecule has 1 aromatic carbocycles. The van der Waals surface area contributed by atoms with E-state index < -0.39 is 0 Å². The Kier molecular flexibility index (Phi) is 5.11. The number of hydrogen-bond acceptors (Lipinski definition) is 4. The van der Waals surface area contributed by atoms with Gasteiger partial charge in [-0.1, -0.05) is 41.7 Å². The summed E-state index contributed by atoms with van der Waals surface area (Å²) in [5.41, 5.74) is 0.891. The van der Waals surface area contributed by atoms with Crippen molar-refractivity contribution in [2.75, 3.05) is 20.1 Å². The first-order valence-corrected chi connectivity index (χ1v) is 8.35. The maximum atomic E-state index is 5.99. The molecule has 5 heteroatoms. The number of likely N-dealkylation sites (N-methyl/N-ethyl adjacent to an activating group) is 1. The Bertz CT molecular complexity index is 607. The summed E-state index contributed by atoms with van der Waals surface area (Å²) in [6, 6.07) is 7.52. The highest BCUT2D eigenvalue weighted by atomic mass is 35.5. The van der Waals surface area contributed by atoms with Gasteiger partial charge in [0.25, 0.3) is 0 Å². The van der Waals surface area contributed by atoms with Crippen molar-refractivity contribution in [3.8, 4) is 11.4 Å². The van der Waals surface area contributed by atoms with Crippen molar-refractivity contribution in [1.82, 2.24) is 15.0 Å². The molecule has 1 fully saturated rings. The fraction of sp³-hybridized carbons (Fsp3) is 0.529. The van der Waals surface area contributed by atoms with Crippen LogP contribution in [0.15, 0.2) is 28.8 Å². The number of hydrogen-bond donors (Lipinski definition) is 0. The molecule has 0 spiro atoms. The molecule has 3 rings (SSSR count). The predicted octanol–water partition coefficient (Wildman–Crippen LogP) is 4.05. The number of aromatic nitrogens is 2. The second-order valence-corrected chi connectivity index (χ2v) is 6.62. The maximum absolute atomic E-state index is 5.99. The van der Waals surface area contributed by atoms with Gasteiger partial charge in [0.1, 0.15) is 0 Å². The maximum Gasteiger partial charge on any atom is 0.228 e. The Balaban J connectivity index is 1.53. The van der Waals surface area contributed by atoms with Crippen molar-refractivity contribution in [3.63, 3.8) is 0 Å². The van der Waals surface area contributed by atoms with Crippen LogP contribution in [-0.2, 0) is 6.42 Å². The lowest BCUT2D eigenvalue weighted by atomic mass is 10.1. The number of nitrogens with zero attached hydrogens (tertiary/aromatic N) is 3. The van der Waals surface area contributed by atoms with Gasteiger partial charge < -0.3 is 9.42 Å². The minimum atomic E-state index is 0.607. The van der Waals surface area contributed by atoms with Crippen molar-refractivity contribution in [3.05, 3.63) is 35.2 Å². The lowest BCUT2D eigenvalue weighted by molar-refractivity contribution is 0.268. The Hall–Kier alpha value is -1.39. The Morgan fingerprint density at radius 2 is 2.14 bits per heavy atom. The average molecular weight is 320 g/mol. The first kappa shape index (κ1) is 15.5. The molecule has 0 saturated heterocycles. The third kappa shape index (κ3) is 4.08. The van der Waals surface area contributed by atoms with Crippen LogP contribution in [0.2, 0.25) is 5.02 Å². The van der Waals surface area contributed by atoms with E-state index in [0.717, 1.165) is 24.4 Å². The summed E-state index contributed by atoms with van der Waals surface area (Å²) in [5, 5.41) is 4.73. The summed E-state index contributed by atoms with van der Waals surface area (Å²) in [6.07, 6.45) is 6.33. The van der Waals surface area contributed by atoms with E-state index in [1.165, 1.54) is 32.2 Å². The highest BCUT2D eigenvalue weighted by molar-refractivity contribution is 6.30. The van der Waals surface area contributed by atoms with Crippen molar-refractivity contribution in [2.45, 2.75) is 32.1 Å². The average Bonchev–Trinajstić information content (AvgIpc) is 3.16. The fourth-order valence-electron chi connectivity index (χ4n) is 3.11. The van der Waals surface area contributed by atoms with E-state index in [2.05, 4.69) is 22.1 Å². The van der Waals surface area contributed by atoms with Gasteiger partial charge in [-0.2, -0.15) is 4.98 Å². The van der Waals surface area contributed by atoms with Gasteiger partial charge in [0.15, 0.2) is 0 Å². The van der Waals surface area contributed by atoms with Gasteiger partial charge in [-0.15, -0.1) is 0 Å². The summed E-state index contributed by atoms with van der Waals surface area (Å²) >= 11 is 5.99. The Labute approximate surface area is 136 Å². The second-order valence-electron chi connectivity index (χ2n) is 6.18. The minimum Gasteiger partial charge on any atom is -0.339 e. The predicted molar refractivity (Wildman–Crippen MR) is 87.9 cm³/mol. The molecule has 0 N–H and O–H groups in total. The van der Waals surface area contributed by atoms with E-state index in [4.69, 9.17) is 16.1 Å². The molecule has 118 valence electrons. The lowest BCUT2D eigenvalue weighted by Crippen LogP contribution is -2.26. The van der Waals surface area contributed by atoms with E-state index in [1.807, 2.05) is 24.3 Å². The monoisotopic (exact) mass is 319 g/mol. The molecular weight excluding hydrogens is 298 g/mol. The van der Waals surface area contributed by atoms with Crippen molar-refractivity contribution < 1.29 is 4.52 Å². The van der Waals surface area contributed by atoms with Gasteiger partial charge in [-0.3, -0.25) is 0 Å². The number of benzene rings is 1. The smallest absolute Gasteiger partial charge is 0.228 e. The first-order chi connectivity index (χ1) is 10.7. The minimum absolute atomic E-state index is 0.607. The first-order valence-electron chi connectivity index (χ1n) is 7.98. The molecule has 1 aliphatic carbocycles. The standard InChI is InChI=1S/C17H22ClN3O/c1-21(12-13-5-2-3-6-13)10-9-16-19-17(20-22-16)14-7-4-8-15(18)11-14/h4,7-8,11,13H,2-3,5-6,9-10,12H2,1H3. The summed E-state index contributed by atoms with van der Waals surface area (Å²) < 4.78 is 5.35. The van der Waals surface area contributed by atoms with Crippen LogP contribution in [0.3, 0.4) is 0 Å². The molecule has 22 heavy (non-hydrogen) atoms. The van der Waals surface area contributed by atoms with Gasteiger partial charge in [0.2, 0.25) is 11.7 Å². The Morgan fingerprint density at radius 3 is 2.91 bits per heavy atom. The van der Waals surface area contributed by atoms with Crippen LogP contribution in [0.25, 0.3) is 11.4 Å². The number of halogens is 1. The van der Waals surface area contributed by atoms with Crippen LogP contribution in [0.5, 0.6) is 0 Å². The lowest BCUT2D eigenvalue weighted by Gasteiger charge is -2.19. The quantitative estimate of drug-likeness (QED) is 0.805. The SMILES string of the molecule is CN(CCc1nc(-c2cccc(Cl)c2)no1)CC1CCCC1. The van der Waals surface area contributed by atoms with E-state index in [0.29, 0.717) is 16.7 Å². The van der Waals surface area contributed by atoms with Crippen molar-refractivity contribution in [1.29, 1.82) is 0 Å². The molecular formula is C17H22ClN3O. The van der Waals surface area contributed by atoms with E-state index in [1.54, 1.807) is 0 Å². The molecule has 1 saturated carbocycles. The summed E-state index contributed by atoms with van der Waals surface area (Å²) in [4.78, 5) is 6.84. The molecule has 0 atom stereocenters. The molecule has 0 radical (unpaired) electrons. The second kappa shape index (κ2) is 7.25. The van der Waals surface area contributed by atoms with Gasteiger partial charge in [0.05, 0.1) is 0 Å². The molecule has 0 aliphatic heterocycles. The van der Waals surface area contributed by atoms with Crippen molar-refractivity contribution in [2.24, 2.45) is 5.92 Å². The van der Waals surface area contributed by atoms with Crippen LogP contribution in [0, 0.1) is 5.92 Å². The third-order valence-corrected chi connectivity index (χ3v) is 4.54. The number of rotatable bonds is 6. The summed E-state index contributed by atoms with van der Waals surface area (Å²) in [5.74, 6) is 2.17. The summed E-state index contributed by atoms with van der Waals surface area (Å²) in [7, 11) is 2.17. The fourth-order valence-corrected chi connectivity index (χ4v) is 3.30. The zero-order chi connectivity index (χ0) is 15.4. The molecule has 0 bridgehead atoms. The zero-order valence-electron chi connectivity index (χ0n) is 13.0. The molecule has 0 amide bonds. The van der Waals surface area contributed by atoms with Gasteiger partial charge in [-0.05, 0) is 37.9 Å². The van der Waals surface area contributed by atoms with Crippen molar-refractivity contribution >= 4 is 11.6 Å². The van der Waals surface area contributed by atoms with Crippen LogP contribution in [0.4, 0.5) is 0 Å². The van der Waals surface area contributed by atoms with E-state index in [9.17, 15) is 0 Å². The molecule has 1 aromatic heterocycles. The van der Waals surface area contributed by atoms with E-state index >= 15 is 0 Å². The van der Waals surface area contributed by atoms with Crippen LogP contribution < -0.4 is 0 Å². The molecule has 1 aliphatic rings. The molecule has 1 heterocycles. The highest BCUT2D eigenvalue weighted by Crippen LogP contribution is 2.25. The normalized spacial score (nSPS) is 15.8. The highest BCUT2D eigenvalue weighted by Gasteiger charge is 2.17. The van der Waals surface area contributed by atoms with Crippen LogP contribution >= 0.6 is 11.6 Å². The van der Waals surface area contributed by atoms with Gasteiger partial charge >= 0.3 is 0 Å². The molecule has 2 aromatic rings. The largest absolute Gasteiger partial charge is 0.339 e. The zero-order valence-corrected chi connectivity index (χ0v) is 13.7. The molecule has 4 nitrogen and oxygen atoms in total. The van der Waals surface area contributed by atoms with Gasteiger partial charge in [-0.25, -0.2) is 0 Å². The summed E-state index contributed by atoms with van der Waals surface area (Å²) in [6.45, 7) is 2.13. The topological polar surface area (TPSA) is 42.2 Å².